The van der Waals surface area contributed by atoms with Crippen LogP contribution in [0.5, 0.6) is 11.5 Å². The molecule has 2 N–H and O–H groups in total. The Balaban J connectivity index is 1.50. The fourth-order valence-corrected chi connectivity index (χ4v) is 4.26. The Morgan fingerprint density at radius 1 is 1.16 bits per heavy atom. The summed E-state index contributed by atoms with van der Waals surface area (Å²) < 4.78 is 11.2. The first-order valence-corrected chi connectivity index (χ1v) is 11.0. The monoisotopic (exact) mass is 439 g/mol. The van der Waals surface area contributed by atoms with Gasteiger partial charge < -0.3 is 14.5 Å². The number of amides is 1. The van der Waals surface area contributed by atoms with Gasteiger partial charge in [-0.15, -0.1) is 0 Å². The van der Waals surface area contributed by atoms with E-state index in [4.69, 9.17) is 21.1 Å². The molecule has 0 fully saturated rings. The molecule has 3 aromatic rings. The molecule has 162 valence electrons. The number of carbonyl (C=O) groups excluding carboxylic acids is 1. The Morgan fingerprint density at radius 2 is 1.97 bits per heavy atom. The van der Waals surface area contributed by atoms with Crippen molar-refractivity contribution in [2.75, 3.05) is 13.2 Å². The first-order valence-electron chi connectivity index (χ1n) is 10.7. The van der Waals surface area contributed by atoms with Gasteiger partial charge in [-0.2, -0.15) is 5.10 Å². The molecule has 0 atom stereocenters. The highest BCUT2D eigenvalue weighted by Gasteiger charge is 2.17. The van der Waals surface area contributed by atoms with E-state index in [1.54, 1.807) is 18.3 Å². The molecular weight excluding hydrogens is 414 g/mol. The molecule has 0 aliphatic heterocycles. The fraction of sp³-hybridized carbons (Fsp3) is 0.333. The third-order valence-corrected chi connectivity index (χ3v) is 5.64. The Bertz CT molecular complexity index is 1140. The highest BCUT2D eigenvalue weighted by Crippen LogP contribution is 2.36. The van der Waals surface area contributed by atoms with E-state index in [-0.39, 0.29) is 5.91 Å². The predicted molar refractivity (Wildman–Crippen MR) is 124 cm³/mol. The fourth-order valence-electron chi connectivity index (χ4n) is 3.99. The molecular formula is C24H26ClN3O3. The van der Waals surface area contributed by atoms with Gasteiger partial charge >= 0.3 is 0 Å². The number of hydrogen-bond donors (Lipinski definition) is 2. The van der Waals surface area contributed by atoms with Crippen LogP contribution in [0, 0.1) is 0 Å². The Hall–Kier alpha value is -2.99. The molecule has 1 aliphatic carbocycles. The van der Waals surface area contributed by atoms with Crippen LogP contribution in [0.2, 0.25) is 5.02 Å². The number of rotatable bonds is 7. The summed E-state index contributed by atoms with van der Waals surface area (Å²) in [6.07, 6.45) is 6.07. The summed E-state index contributed by atoms with van der Waals surface area (Å²) in [7, 11) is 0. The maximum Gasteiger partial charge on any atom is 0.271 e. The van der Waals surface area contributed by atoms with Crippen LogP contribution in [0.25, 0.3) is 10.9 Å². The molecule has 0 saturated heterocycles. The molecule has 31 heavy (non-hydrogen) atoms. The minimum absolute atomic E-state index is 0.258. The molecule has 0 unspecified atom stereocenters. The van der Waals surface area contributed by atoms with Crippen LogP contribution in [0.1, 0.15) is 53.9 Å². The van der Waals surface area contributed by atoms with Crippen LogP contribution in [0.4, 0.5) is 0 Å². The molecule has 1 heterocycles. The Labute approximate surface area is 186 Å². The first-order chi connectivity index (χ1) is 15.1. The average Bonchev–Trinajstić information content (AvgIpc) is 3.14. The van der Waals surface area contributed by atoms with Crippen LogP contribution in [0.3, 0.4) is 0 Å². The number of nitrogens with zero attached hydrogens (tertiary/aromatic N) is 1. The smallest absolute Gasteiger partial charge is 0.271 e. The minimum Gasteiger partial charge on any atom is -0.490 e. The van der Waals surface area contributed by atoms with Gasteiger partial charge in [0.05, 0.1) is 24.5 Å². The van der Waals surface area contributed by atoms with Gasteiger partial charge in [0.25, 0.3) is 5.91 Å². The summed E-state index contributed by atoms with van der Waals surface area (Å²) >= 11 is 6.33. The molecule has 0 bridgehead atoms. The number of fused-ring (bicyclic) bond motifs is 3. The summed E-state index contributed by atoms with van der Waals surface area (Å²) in [6, 6.07) is 9.24. The lowest BCUT2D eigenvalue weighted by molar-refractivity contribution is 0.0955. The average molecular weight is 440 g/mol. The predicted octanol–water partition coefficient (Wildman–Crippen LogP) is 5.26. The van der Waals surface area contributed by atoms with Crippen molar-refractivity contribution in [1.82, 2.24) is 10.4 Å². The number of hydrogen-bond acceptors (Lipinski definition) is 4. The third-order valence-electron chi connectivity index (χ3n) is 5.36. The van der Waals surface area contributed by atoms with Crippen molar-refractivity contribution in [3.05, 3.63) is 57.7 Å². The molecule has 0 spiro atoms. The van der Waals surface area contributed by atoms with Crippen molar-refractivity contribution >= 4 is 34.6 Å². The van der Waals surface area contributed by atoms with Crippen molar-refractivity contribution in [2.24, 2.45) is 5.10 Å². The zero-order valence-electron chi connectivity index (χ0n) is 17.8. The van der Waals surface area contributed by atoms with Crippen molar-refractivity contribution in [2.45, 2.75) is 39.5 Å². The quantitative estimate of drug-likeness (QED) is 0.389. The molecule has 2 aromatic carbocycles. The van der Waals surface area contributed by atoms with Gasteiger partial charge in [-0.3, -0.25) is 4.79 Å². The van der Waals surface area contributed by atoms with E-state index in [0.29, 0.717) is 40.9 Å². The Morgan fingerprint density at radius 3 is 2.77 bits per heavy atom. The van der Waals surface area contributed by atoms with Gasteiger partial charge in [0, 0.05) is 22.2 Å². The van der Waals surface area contributed by atoms with Crippen LogP contribution < -0.4 is 14.9 Å². The number of benzene rings is 2. The topological polar surface area (TPSA) is 75.7 Å². The van der Waals surface area contributed by atoms with E-state index >= 15 is 0 Å². The molecule has 4 rings (SSSR count). The van der Waals surface area contributed by atoms with Crippen molar-refractivity contribution in [3.63, 3.8) is 0 Å². The van der Waals surface area contributed by atoms with Crippen molar-refractivity contribution in [3.8, 4) is 11.5 Å². The van der Waals surface area contributed by atoms with Gasteiger partial charge in [-0.1, -0.05) is 11.6 Å². The lowest BCUT2D eigenvalue weighted by Gasteiger charge is -2.13. The van der Waals surface area contributed by atoms with Gasteiger partial charge in [0.1, 0.15) is 0 Å². The Kier molecular flexibility index (Phi) is 6.47. The lowest BCUT2D eigenvalue weighted by atomic mass is 9.95. The summed E-state index contributed by atoms with van der Waals surface area (Å²) in [6.45, 7) is 4.75. The number of aromatic nitrogens is 1. The van der Waals surface area contributed by atoms with Crippen LogP contribution in [-0.4, -0.2) is 30.3 Å². The maximum absolute atomic E-state index is 12.6. The summed E-state index contributed by atoms with van der Waals surface area (Å²) in [5.41, 5.74) is 7.60. The molecule has 0 saturated carbocycles. The largest absolute Gasteiger partial charge is 0.490 e. The number of halogens is 1. The lowest BCUT2D eigenvalue weighted by Crippen LogP contribution is -2.17. The molecule has 7 heteroatoms. The first kappa shape index (κ1) is 21.2. The third kappa shape index (κ3) is 4.54. The van der Waals surface area contributed by atoms with Crippen molar-refractivity contribution in [1.29, 1.82) is 0 Å². The molecule has 1 aromatic heterocycles. The normalized spacial score (nSPS) is 13.4. The molecule has 1 amide bonds. The van der Waals surface area contributed by atoms with E-state index in [9.17, 15) is 4.79 Å². The number of ether oxygens (including phenoxy) is 2. The van der Waals surface area contributed by atoms with E-state index in [1.165, 1.54) is 24.1 Å². The number of H-pyrrole nitrogens is 1. The second kappa shape index (κ2) is 9.43. The highest BCUT2D eigenvalue weighted by atomic mass is 35.5. The maximum atomic E-state index is 12.6. The number of aromatic amines is 1. The molecule has 0 radical (unpaired) electrons. The van der Waals surface area contributed by atoms with E-state index in [1.807, 2.05) is 32.0 Å². The SMILES string of the molecule is CCOc1cc(/C=N\NC(=O)c2ccc3[nH]c4c(c3c2)CCCC4)cc(Cl)c1OCC. The highest BCUT2D eigenvalue weighted by molar-refractivity contribution is 6.32. The number of nitrogens with one attached hydrogen (secondary N) is 2. The van der Waals surface area contributed by atoms with E-state index in [2.05, 4.69) is 15.5 Å². The number of carbonyl (C=O) groups is 1. The van der Waals surface area contributed by atoms with Gasteiger partial charge in [0.15, 0.2) is 11.5 Å². The zero-order chi connectivity index (χ0) is 21.8. The molecule has 6 nitrogen and oxygen atoms in total. The minimum atomic E-state index is -0.258. The van der Waals surface area contributed by atoms with Crippen molar-refractivity contribution < 1.29 is 14.3 Å². The van der Waals surface area contributed by atoms with Crippen LogP contribution in [-0.2, 0) is 12.8 Å². The number of hydrazone groups is 1. The molecule has 1 aliphatic rings. The summed E-state index contributed by atoms with van der Waals surface area (Å²) in [5, 5.41) is 5.67. The number of aryl methyl sites for hydroxylation is 2. The second-order valence-electron chi connectivity index (χ2n) is 7.44. The van der Waals surface area contributed by atoms with Crippen LogP contribution in [0.15, 0.2) is 35.4 Å². The van der Waals surface area contributed by atoms with E-state index in [0.717, 1.165) is 23.7 Å². The summed E-state index contributed by atoms with van der Waals surface area (Å²) in [5.74, 6) is 0.800. The standard InChI is InChI=1S/C24H26ClN3O3/c1-3-30-22-12-15(11-19(25)23(22)31-4-2)14-26-28-24(29)16-9-10-21-18(13-16)17-7-5-6-8-20(17)27-21/h9-14,27H,3-8H2,1-2H3,(H,28,29)/b26-14-. The zero-order valence-corrected chi connectivity index (χ0v) is 18.5. The van der Waals surface area contributed by atoms with E-state index < -0.39 is 0 Å². The van der Waals surface area contributed by atoms with Gasteiger partial charge in [0.2, 0.25) is 0 Å². The summed E-state index contributed by atoms with van der Waals surface area (Å²) in [4.78, 5) is 16.1. The van der Waals surface area contributed by atoms with Gasteiger partial charge in [-0.25, -0.2) is 5.43 Å². The van der Waals surface area contributed by atoms with Gasteiger partial charge in [-0.05, 0) is 81.0 Å². The second-order valence-corrected chi connectivity index (χ2v) is 7.85. The van der Waals surface area contributed by atoms with Crippen LogP contribution >= 0.6 is 11.6 Å².